The molecule has 0 aliphatic heterocycles. The molecule has 0 bridgehead atoms. The van der Waals surface area contributed by atoms with Crippen LogP contribution in [0.15, 0.2) is 54.6 Å². The summed E-state index contributed by atoms with van der Waals surface area (Å²) in [5.74, 6) is 0.597. The van der Waals surface area contributed by atoms with E-state index in [1.165, 1.54) is 6.07 Å². The molecule has 1 N–H and O–H groups in total. The summed E-state index contributed by atoms with van der Waals surface area (Å²) in [5.41, 5.74) is 2.60. The Bertz CT molecular complexity index is 1020. The zero-order valence-electron chi connectivity index (χ0n) is 20.6. The molecule has 6 nitrogen and oxygen atoms in total. The van der Waals surface area contributed by atoms with E-state index in [1.54, 1.807) is 22.9 Å². The first-order chi connectivity index (χ1) is 16.4. The molecular weight excluding hydrogens is 433 g/mol. The van der Waals surface area contributed by atoms with E-state index in [9.17, 15) is 9.50 Å². The van der Waals surface area contributed by atoms with Gasteiger partial charge in [-0.05, 0) is 43.5 Å². The summed E-state index contributed by atoms with van der Waals surface area (Å²) in [5, 5.41) is 15.4. The van der Waals surface area contributed by atoms with Crippen LogP contribution < -0.4 is 4.74 Å². The predicted octanol–water partition coefficient (Wildman–Crippen LogP) is 5.22. The molecule has 34 heavy (non-hydrogen) atoms. The van der Waals surface area contributed by atoms with Gasteiger partial charge < -0.3 is 14.6 Å². The number of nitrogens with zero attached hydrogens (tertiary/aromatic N) is 3. The molecule has 0 spiro atoms. The second-order valence-corrected chi connectivity index (χ2v) is 8.77. The molecule has 1 unspecified atom stereocenters. The Balaban J connectivity index is 2.02. The standard InChI is InChI=1S/C27H36FN3O3/c1-5-25-23(18-30(16-20(3)4)17-22(32)19-33-6-2)27(34-26-15-11-10-14-24(26)28)31(29-25)21-12-8-7-9-13-21/h7-15,20,22,32H,5-6,16-19H2,1-4H3. The van der Waals surface area contributed by atoms with Crippen molar-refractivity contribution in [3.63, 3.8) is 0 Å². The zero-order valence-corrected chi connectivity index (χ0v) is 20.6. The van der Waals surface area contributed by atoms with Gasteiger partial charge in [-0.2, -0.15) is 5.10 Å². The van der Waals surface area contributed by atoms with Crippen molar-refractivity contribution < 1.29 is 19.0 Å². The minimum absolute atomic E-state index is 0.148. The van der Waals surface area contributed by atoms with E-state index < -0.39 is 11.9 Å². The summed E-state index contributed by atoms with van der Waals surface area (Å²) in [6.45, 7) is 10.8. The number of halogens is 1. The van der Waals surface area contributed by atoms with Gasteiger partial charge in [0.05, 0.1) is 29.7 Å². The van der Waals surface area contributed by atoms with E-state index in [4.69, 9.17) is 14.6 Å². The smallest absolute Gasteiger partial charge is 0.227 e. The Labute approximate surface area is 201 Å². The van der Waals surface area contributed by atoms with E-state index >= 15 is 0 Å². The highest BCUT2D eigenvalue weighted by atomic mass is 19.1. The molecule has 7 heteroatoms. The number of para-hydroxylation sites is 2. The average molecular weight is 470 g/mol. The number of rotatable bonds is 13. The molecule has 0 amide bonds. The SMILES string of the molecule is CCOCC(O)CN(Cc1c(CC)nn(-c2ccccc2)c1Oc1ccccc1F)CC(C)C. The van der Waals surface area contributed by atoms with Crippen LogP contribution in [-0.4, -0.2) is 52.2 Å². The first kappa shape index (κ1) is 25.9. The Morgan fingerprint density at radius 2 is 1.74 bits per heavy atom. The largest absolute Gasteiger partial charge is 0.435 e. The maximum absolute atomic E-state index is 14.5. The maximum atomic E-state index is 14.5. The highest BCUT2D eigenvalue weighted by Crippen LogP contribution is 2.33. The Hall–Kier alpha value is -2.74. The first-order valence-corrected chi connectivity index (χ1v) is 12.0. The van der Waals surface area contributed by atoms with Crippen molar-refractivity contribution in [3.8, 4) is 17.3 Å². The second kappa shape index (κ2) is 12.6. The number of hydrogen-bond donors (Lipinski definition) is 1. The molecule has 0 saturated carbocycles. The van der Waals surface area contributed by atoms with Gasteiger partial charge in [0.1, 0.15) is 0 Å². The molecule has 1 atom stereocenters. The van der Waals surface area contributed by atoms with Crippen molar-refractivity contribution in [1.29, 1.82) is 0 Å². The molecule has 0 fully saturated rings. The van der Waals surface area contributed by atoms with E-state index in [2.05, 4.69) is 18.7 Å². The molecule has 0 aliphatic carbocycles. The number of hydrogen-bond acceptors (Lipinski definition) is 5. The summed E-state index contributed by atoms with van der Waals surface area (Å²) >= 11 is 0. The lowest BCUT2D eigenvalue weighted by molar-refractivity contribution is 0.0173. The second-order valence-electron chi connectivity index (χ2n) is 8.77. The summed E-state index contributed by atoms with van der Waals surface area (Å²) in [6.07, 6.45) is 0.0867. The van der Waals surface area contributed by atoms with Crippen LogP contribution in [0.2, 0.25) is 0 Å². The number of aliphatic hydroxyl groups is 1. The topological polar surface area (TPSA) is 59.8 Å². The zero-order chi connectivity index (χ0) is 24.5. The summed E-state index contributed by atoms with van der Waals surface area (Å²) < 4.78 is 27.9. The summed E-state index contributed by atoms with van der Waals surface area (Å²) in [4.78, 5) is 2.19. The summed E-state index contributed by atoms with van der Waals surface area (Å²) in [7, 11) is 0. The van der Waals surface area contributed by atoms with Crippen molar-refractivity contribution in [2.45, 2.75) is 46.8 Å². The fourth-order valence-electron chi connectivity index (χ4n) is 3.95. The van der Waals surface area contributed by atoms with E-state index in [0.29, 0.717) is 37.9 Å². The van der Waals surface area contributed by atoms with Crippen LogP contribution in [0.5, 0.6) is 11.6 Å². The van der Waals surface area contributed by atoms with Crippen LogP contribution in [0, 0.1) is 11.7 Å². The number of aryl methyl sites for hydroxylation is 1. The molecule has 0 aliphatic rings. The van der Waals surface area contributed by atoms with Crippen molar-refractivity contribution in [3.05, 3.63) is 71.7 Å². The molecule has 1 heterocycles. The lowest BCUT2D eigenvalue weighted by Crippen LogP contribution is -2.37. The average Bonchev–Trinajstić information content (AvgIpc) is 3.16. The number of aliphatic hydroxyl groups excluding tert-OH is 1. The van der Waals surface area contributed by atoms with Crippen molar-refractivity contribution in [2.75, 3.05) is 26.3 Å². The van der Waals surface area contributed by atoms with Crippen LogP contribution in [0.4, 0.5) is 4.39 Å². The maximum Gasteiger partial charge on any atom is 0.227 e. The van der Waals surface area contributed by atoms with Gasteiger partial charge >= 0.3 is 0 Å². The van der Waals surface area contributed by atoms with Gasteiger partial charge in [0, 0.05) is 26.2 Å². The number of benzene rings is 2. The van der Waals surface area contributed by atoms with Gasteiger partial charge in [0.25, 0.3) is 0 Å². The molecule has 184 valence electrons. The third-order valence-electron chi connectivity index (χ3n) is 5.39. The van der Waals surface area contributed by atoms with E-state index in [-0.39, 0.29) is 12.4 Å². The Morgan fingerprint density at radius 1 is 1.03 bits per heavy atom. The van der Waals surface area contributed by atoms with Gasteiger partial charge in [0.2, 0.25) is 5.88 Å². The summed E-state index contributed by atoms with van der Waals surface area (Å²) in [6, 6.07) is 16.1. The Morgan fingerprint density at radius 3 is 2.38 bits per heavy atom. The lowest BCUT2D eigenvalue weighted by atomic mass is 10.1. The molecule has 0 radical (unpaired) electrons. The molecule has 3 rings (SSSR count). The first-order valence-electron chi connectivity index (χ1n) is 12.0. The third kappa shape index (κ3) is 6.88. The third-order valence-corrected chi connectivity index (χ3v) is 5.39. The minimum Gasteiger partial charge on any atom is -0.435 e. The molecule has 0 saturated heterocycles. The number of ether oxygens (including phenoxy) is 2. The monoisotopic (exact) mass is 469 g/mol. The lowest BCUT2D eigenvalue weighted by Gasteiger charge is -2.27. The quantitative estimate of drug-likeness (QED) is 0.372. The van der Waals surface area contributed by atoms with Crippen LogP contribution in [0.1, 0.15) is 39.0 Å². The van der Waals surface area contributed by atoms with E-state index in [0.717, 1.165) is 23.5 Å². The molecule has 2 aromatic carbocycles. The normalized spacial score (nSPS) is 12.5. The van der Waals surface area contributed by atoms with Crippen LogP contribution in [0.3, 0.4) is 0 Å². The van der Waals surface area contributed by atoms with Crippen LogP contribution in [0.25, 0.3) is 5.69 Å². The molecular formula is C27H36FN3O3. The number of aromatic nitrogens is 2. The van der Waals surface area contributed by atoms with Gasteiger partial charge in [-0.15, -0.1) is 0 Å². The molecule has 3 aromatic rings. The predicted molar refractivity (Wildman–Crippen MR) is 132 cm³/mol. The van der Waals surface area contributed by atoms with Gasteiger partial charge in [0.15, 0.2) is 11.6 Å². The van der Waals surface area contributed by atoms with Gasteiger partial charge in [-0.1, -0.05) is 51.1 Å². The fourth-order valence-corrected chi connectivity index (χ4v) is 3.95. The highest BCUT2D eigenvalue weighted by Gasteiger charge is 2.24. The van der Waals surface area contributed by atoms with Crippen molar-refractivity contribution in [2.24, 2.45) is 5.92 Å². The van der Waals surface area contributed by atoms with Crippen LogP contribution >= 0.6 is 0 Å². The van der Waals surface area contributed by atoms with Gasteiger partial charge in [-0.3, -0.25) is 4.90 Å². The van der Waals surface area contributed by atoms with Gasteiger partial charge in [-0.25, -0.2) is 9.07 Å². The highest BCUT2D eigenvalue weighted by molar-refractivity contribution is 5.44. The van der Waals surface area contributed by atoms with E-state index in [1.807, 2.05) is 44.2 Å². The van der Waals surface area contributed by atoms with Crippen molar-refractivity contribution >= 4 is 0 Å². The minimum atomic E-state index is -0.608. The van der Waals surface area contributed by atoms with Crippen molar-refractivity contribution in [1.82, 2.24) is 14.7 Å². The van der Waals surface area contributed by atoms with Crippen LogP contribution in [-0.2, 0) is 17.7 Å². The molecule has 1 aromatic heterocycles. The fraction of sp³-hybridized carbons (Fsp3) is 0.444. The Kier molecular flexibility index (Phi) is 9.62.